The van der Waals surface area contributed by atoms with E-state index in [1.54, 1.807) is 62.4 Å². The second kappa shape index (κ2) is 12.1. The van der Waals surface area contributed by atoms with Crippen molar-refractivity contribution in [2.45, 2.75) is 33.7 Å². The number of benzene rings is 2. The highest BCUT2D eigenvalue weighted by atomic mass is 32.1. The van der Waals surface area contributed by atoms with E-state index in [9.17, 15) is 19.5 Å². The number of likely N-dealkylation sites (N-methyl/N-ethyl adjacent to an activating group) is 1. The molecule has 212 valence electrons. The average Bonchev–Trinajstić information content (AvgIpc) is 3.35. The average molecular weight is 574 g/mol. The molecule has 0 atom stereocenters. The van der Waals surface area contributed by atoms with Crippen molar-refractivity contribution >= 4 is 45.3 Å². The Morgan fingerprint density at radius 2 is 1.68 bits per heavy atom. The van der Waals surface area contributed by atoms with Crippen LogP contribution in [0.1, 0.15) is 57.5 Å². The Morgan fingerprint density at radius 3 is 2.37 bits per heavy atom. The number of aliphatic imine (C=N–C) groups is 1. The molecule has 0 bridgehead atoms. The van der Waals surface area contributed by atoms with E-state index in [2.05, 4.69) is 11.8 Å². The van der Waals surface area contributed by atoms with E-state index in [1.165, 1.54) is 22.1 Å². The number of pyridine rings is 1. The summed E-state index contributed by atoms with van der Waals surface area (Å²) in [5, 5.41) is 12.9. The second-order valence-corrected chi connectivity index (χ2v) is 10.6. The summed E-state index contributed by atoms with van der Waals surface area (Å²) in [5.74, 6) is -1.19. The molecule has 3 heterocycles. The molecule has 0 spiro atoms. The van der Waals surface area contributed by atoms with E-state index in [0.29, 0.717) is 38.2 Å². The number of carbonyl (C=O) groups excluding carboxylic acids is 2. The number of aromatic nitrogens is 1. The highest BCUT2D eigenvalue weighted by Gasteiger charge is 2.28. The third-order valence-electron chi connectivity index (χ3n) is 7.10. The standard InChI is InChI=1S/C31H31N3O6S/c1-4-33-16-15-23-25(18-33)41-27(26(23)31(38)40-6-3)32-17-24-21-9-7-8-10-22(21)28(35)34(29(24)36)20-13-11-19(12-14-20)30(37)39-5-2/h7-14,17,36H,4-6,15-16,18H2,1-3H3. The van der Waals surface area contributed by atoms with E-state index >= 15 is 0 Å². The molecule has 5 rings (SSSR count). The third kappa shape index (κ3) is 5.40. The summed E-state index contributed by atoms with van der Waals surface area (Å²) < 4.78 is 11.6. The number of hydrogen-bond donors (Lipinski definition) is 1. The predicted molar refractivity (Wildman–Crippen MR) is 159 cm³/mol. The van der Waals surface area contributed by atoms with Crippen LogP contribution in [0.25, 0.3) is 16.5 Å². The molecule has 4 aromatic rings. The Hall–Kier alpha value is -4.28. The van der Waals surface area contributed by atoms with E-state index < -0.39 is 17.5 Å². The fourth-order valence-corrected chi connectivity index (χ4v) is 6.25. The molecule has 0 unspecified atom stereocenters. The van der Waals surface area contributed by atoms with Crippen LogP contribution in [-0.2, 0) is 22.4 Å². The fourth-order valence-electron chi connectivity index (χ4n) is 5.03. The van der Waals surface area contributed by atoms with E-state index in [0.717, 1.165) is 36.5 Å². The van der Waals surface area contributed by atoms with Crippen LogP contribution in [0.3, 0.4) is 0 Å². The van der Waals surface area contributed by atoms with Crippen LogP contribution in [0.4, 0.5) is 5.00 Å². The first kappa shape index (κ1) is 28.3. The van der Waals surface area contributed by atoms with E-state index in [4.69, 9.17) is 14.5 Å². The molecule has 2 aromatic carbocycles. The number of aromatic hydroxyl groups is 1. The van der Waals surface area contributed by atoms with Crippen LogP contribution >= 0.6 is 11.3 Å². The van der Waals surface area contributed by atoms with Gasteiger partial charge in [-0.1, -0.05) is 25.1 Å². The Balaban J connectivity index is 1.63. The smallest absolute Gasteiger partial charge is 0.341 e. The van der Waals surface area contributed by atoms with Gasteiger partial charge in [0.2, 0.25) is 5.88 Å². The molecule has 41 heavy (non-hydrogen) atoms. The van der Waals surface area contributed by atoms with Crippen LogP contribution in [0, 0.1) is 0 Å². The molecule has 10 heteroatoms. The van der Waals surface area contributed by atoms with Gasteiger partial charge in [0.05, 0.1) is 35.6 Å². The van der Waals surface area contributed by atoms with Crippen LogP contribution in [0.15, 0.2) is 58.3 Å². The first-order valence-corrected chi connectivity index (χ1v) is 14.4. The fraction of sp³-hybridized carbons (Fsp3) is 0.290. The van der Waals surface area contributed by atoms with Crippen molar-refractivity contribution in [1.29, 1.82) is 0 Å². The largest absolute Gasteiger partial charge is 0.494 e. The SMILES string of the molecule is CCOC(=O)c1ccc(-n2c(O)c(C=Nc3sc4c(c3C(=O)OCC)CCN(CC)C4)c3ccccc3c2=O)cc1. The van der Waals surface area contributed by atoms with Gasteiger partial charge in [0, 0.05) is 35.0 Å². The van der Waals surface area contributed by atoms with Crippen molar-refractivity contribution in [3.8, 4) is 11.6 Å². The van der Waals surface area contributed by atoms with Gasteiger partial charge < -0.3 is 14.6 Å². The minimum atomic E-state index is -0.472. The summed E-state index contributed by atoms with van der Waals surface area (Å²) in [6, 6.07) is 13.2. The summed E-state index contributed by atoms with van der Waals surface area (Å²) in [5.41, 5.74) is 2.04. The van der Waals surface area contributed by atoms with E-state index in [1.807, 2.05) is 0 Å². The van der Waals surface area contributed by atoms with E-state index in [-0.39, 0.29) is 19.1 Å². The first-order chi connectivity index (χ1) is 19.9. The summed E-state index contributed by atoms with van der Waals surface area (Å²) in [4.78, 5) is 46.7. The summed E-state index contributed by atoms with van der Waals surface area (Å²) in [6.07, 6.45) is 2.22. The monoisotopic (exact) mass is 573 g/mol. The van der Waals surface area contributed by atoms with Gasteiger partial charge in [0.15, 0.2) is 0 Å². The number of carbonyl (C=O) groups is 2. The minimum absolute atomic E-state index is 0.246. The lowest BCUT2D eigenvalue weighted by molar-refractivity contribution is 0.0516. The summed E-state index contributed by atoms with van der Waals surface area (Å²) in [6.45, 7) is 8.59. The quantitative estimate of drug-likeness (QED) is 0.227. The Kier molecular flexibility index (Phi) is 8.32. The van der Waals surface area contributed by atoms with Crippen LogP contribution in [0.2, 0.25) is 0 Å². The van der Waals surface area contributed by atoms with Gasteiger partial charge in [-0.3, -0.25) is 9.69 Å². The third-order valence-corrected chi connectivity index (χ3v) is 8.22. The molecule has 0 amide bonds. The molecule has 1 aliphatic heterocycles. The number of esters is 2. The highest BCUT2D eigenvalue weighted by Crippen LogP contribution is 2.40. The van der Waals surface area contributed by atoms with Gasteiger partial charge in [0.1, 0.15) is 5.00 Å². The van der Waals surface area contributed by atoms with Crippen molar-refractivity contribution in [3.63, 3.8) is 0 Å². The van der Waals surface area contributed by atoms with Crippen molar-refractivity contribution in [2.24, 2.45) is 4.99 Å². The number of thiophene rings is 1. The number of ether oxygens (including phenoxy) is 2. The Morgan fingerprint density at radius 1 is 1.00 bits per heavy atom. The number of rotatable bonds is 8. The molecule has 0 saturated carbocycles. The predicted octanol–water partition coefficient (Wildman–Crippen LogP) is 5.24. The Bertz CT molecular complexity index is 1700. The van der Waals surface area contributed by atoms with Gasteiger partial charge >= 0.3 is 11.9 Å². The summed E-state index contributed by atoms with van der Waals surface area (Å²) in [7, 11) is 0. The lowest BCUT2D eigenvalue weighted by Crippen LogP contribution is -2.29. The van der Waals surface area contributed by atoms with Gasteiger partial charge in [-0.2, -0.15) is 0 Å². The first-order valence-electron chi connectivity index (χ1n) is 13.6. The Labute approximate surface area is 241 Å². The molecule has 0 aliphatic carbocycles. The molecule has 1 N–H and O–H groups in total. The number of fused-ring (bicyclic) bond motifs is 2. The zero-order chi connectivity index (χ0) is 29.1. The topological polar surface area (TPSA) is 110 Å². The summed E-state index contributed by atoms with van der Waals surface area (Å²) >= 11 is 1.44. The molecule has 0 radical (unpaired) electrons. The maximum Gasteiger partial charge on any atom is 0.341 e. The van der Waals surface area contributed by atoms with Gasteiger partial charge in [-0.05, 0) is 62.7 Å². The normalized spacial score (nSPS) is 13.4. The van der Waals surface area contributed by atoms with Gasteiger partial charge in [-0.15, -0.1) is 11.3 Å². The molecule has 9 nitrogen and oxygen atoms in total. The zero-order valence-corrected chi connectivity index (χ0v) is 24.0. The van der Waals surface area contributed by atoms with Crippen molar-refractivity contribution in [2.75, 3.05) is 26.3 Å². The number of nitrogens with zero attached hydrogens (tertiary/aromatic N) is 3. The zero-order valence-electron chi connectivity index (χ0n) is 23.2. The molecular formula is C31H31N3O6S. The molecule has 1 aliphatic rings. The van der Waals surface area contributed by atoms with Crippen molar-refractivity contribution in [1.82, 2.24) is 9.47 Å². The molecule has 2 aromatic heterocycles. The molecule has 0 fully saturated rings. The van der Waals surface area contributed by atoms with Crippen LogP contribution in [0.5, 0.6) is 5.88 Å². The highest BCUT2D eigenvalue weighted by molar-refractivity contribution is 7.16. The lowest BCUT2D eigenvalue weighted by Gasteiger charge is -2.25. The molecule has 0 saturated heterocycles. The maximum atomic E-state index is 13.5. The maximum absolute atomic E-state index is 13.5. The second-order valence-electron chi connectivity index (χ2n) is 9.47. The van der Waals surface area contributed by atoms with Gasteiger partial charge in [0.25, 0.3) is 5.56 Å². The number of hydrogen-bond acceptors (Lipinski definition) is 9. The van der Waals surface area contributed by atoms with Gasteiger partial charge in [-0.25, -0.2) is 19.1 Å². The van der Waals surface area contributed by atoms with Crippen molar-refractivity contribution in [3.05, 3.63) is 86.0 Å². The lowest BCUT2D eigenvalue weighted by atomic mass is 10.0. The van der Waals surface area contributed by atoms with Crippen LogP contribution in [-0.4, -0.2) is 59.0 Å². The minimum Gasteiger partial charge on any atom is -0.494 e. The molecular weight excluding hydrogens is 542 g/mol. The van der Waals surface area contributed by atoms with Crippen molar-refractivity contribution < 1.29 is 24.2 Å². The van der Waals surface area contributed by atoms with Crippen LogP contribution < -0.4 is 5.56 Å².